The molecule has 0 bridgehead atoms. The number of carbonyl (C=O) groups excluding carboxylic acids is 2. The Morgan fingerprint density at radius 3 is 2.27 bits per heavy atom. The molecule has 0 heterocycles. The van der Waals surface area contributed by atoms with Gasteiger partial charge in [-0.25, -0.2) is 8.42 Å². The molecule has 3 aromatic carbocycles. The number of anilines is 1. The Morgan fingerprint density at radius 2 is 1.65 bits per heavy atom. The highest BCUT2D eigenvalue weighted by Gasteiger charge is 2.32. The van der Waals surface area contributed by atoms with E-state index < -0.39 is 28.5 Å². The van der Waals surface area contributed by atoms with Gasteiger partial charge >= 0.3 is 0 Å². The number of halogens is 2. The summed E-state index contributed by atoms with van der Waals surface area (Å²) in [5.41, 5.74) is 1.93. The Morgan fingerprint density at radius 1 is 0.973 bits per heavy atom. The number of hydrogen-bond donors (Lipinski definition) is 1. The molecule has 1 atom stereocenters. The van der Waals surface area contributed by atoms with Gasteiger partial charge in [0.05, 0.1) is 11.9 Å². The number of hydrogen-bond acceptors (Lipinski definition) is 4. The molecule has 3 aromatic rings. The van der Waals surface area contributed by atoms with Crippen molar-refractivity contribution in [1.29, 1.82) is 0 Å². The highest BCUT2D eigenvalue weighted by molar-refractivity contribution is 9.10. The maximum Gasteiger partial charge on any atom is 0.244 e. The predicted molar refractivity (Wildman–Crippen MR) is 151 cm³/mol. The van der Waals surface area contributed by atoms with Crippen molar-refractivity contribution in [2.45, 2.75) is 25.9 Å². The molecular weight excluding hydrogens is 578 g/mol. The van der Waals surface area contributed by atoms with Crippen LogP contribution in [0.4, 0.5) is 5.69 Å². The van der Waals surface area contributed by atoms with Crippen LogP contribution in [0.15, 0.2) is 83.3 Å². The smallest absolute Gasteiger partial charge is 0.244 e. The fourth-order valence-electron chi connectivity index (χ4n) is 3.92. The van der Waals surface area contributed by atoms with Crippen LogP contribution in [0, 0.1) is 0 Å². The summed E-state index contributed by atoms with van der Waals surface area (Å²) in [4.78, 5) is 28.6. The van der Waals surface area contributed by atoms with Crippen LogP contribution in [0.1, 0.15) is 18.1 Å². The lowest BCUT2D eigenvalue weighted by molar-refractivity contribution is -0.140. The normalized spacial score (nSPS) is 12.0. The quantitative estimate of drug-likeness (QED) is 0.345. The van der Waals surface area contributed by atoms with Crippen molar-refractivity contribution in [3.63, 3.8) is 0 Å². The number of likely N-dealkylation sites (N-methyl/N-ethyl adjacent to an activating group) is 1. The third-order valence-electron chi connectivity index (χ3n) is 5.64. The summed E-state index contributed by atoms with van der Waals surface area (Å²) in [5, 5.41) is 3.17. The van der Waals surface area contributed by atoms with Gasteiger partial charge in [-0.3, -0.25) is 13.9 Å². The Kier molecular flexibility index (Phi) is 10.1. The van der Waals surface area contributed by atoms with Gasteiger partial charge in [-0.15, -0.1) is 0 Å². The molecule has 0 saturated heterocycles. The first-order chi connectivity index (χ1) is 17.6. The number of carbonyl (C=O) groups is 2. The van der Waals surface area contributed by atoms with Crippen molar-refractivity contribution >= 4 is 55.1 Å². The minimum absolute atomic E-state index is 0.111. The third-order valence-corrected chi connectivity index (χ3v) is 7.51. The highest BCUT2D eigenvalue weighted by Crippen LogP contribution is 2.23. The van der Waals surface area contributed by atoms with Crippen molar-refractivity contribution in [2.24, 2.45) is 0 Å². The number of benzene rings is 3. The molecule has 1 unspecified atom stereocenters. The third kappa shape index (κ3) is 8.31. The molecule has 2 amide bonds. The van der Waals surface area contributed by atoms with Gasteiger partial charge < -0.3 is 10.2 Å². The fraction of sp³-hybridized carbons (Fsp3) is 0.259. The van der Waals surface area contributed by atoms with Crippen molar-refractivity contribution < 1.29 is 18.0 Å². The second-order valence-corrected chi connectivity index (χ2v) is 11.8. The van der Waals surface area contributed by atoms with Crippen LogP contribution in [-0.4, -0.2) is 50.5 Å². The van der Waals surface area contributed by atoms with Gasteiger partial charge in [-0.05, 0) is 48.4 Å². The second-order valence-electron chi connectivity index (χ2n) is 8.50. The molecule has 0 saturated carbocycles. The summed E-state index contributed by atoms with van der Waals surface area (Å²) < 4.78 is 27.3. The van der Waals surface area contributed by atoms with E-state index in [0.717, 1.165) is 26.2 Å². The zero-order chi connectivity index (χ0) is 27.0. The molecule has 0 aliphatic carbocycles. The molecule has 1 N–H and O–H groups in total. The van der Waals surface area contributed by atoms with Gasteiger partial charge in [0.1, 0.15) is 12.6 Å². The van der Waals surface area contributed by atoms with Gasteiger partial charge in [0.25, 0.3) is 0 Å². The van der Waals surface area contributed by atoms with E-state index >= 15 is 0 Å². The van der Waals surface area contributed by atoms with Gasteiger partial charge in [-0.1, -0.05) is 76.1 Å². The Balaban J connectivity index is 2.04. The number of rotatable bonds is 11. The molecule has 196 valence electrons. The van der Waals surface area contributed by atoms with Crippen molar-refractivity contribution in [1.82, 2.24) is 10.2 Å². The molecule has 0 aliphatic heterocycles. The average molecular weight is 607 g/mol. The number of sulfonamides is 1. The van der Waals surface area contributed by atoms with E-state index in [1.807, 2.05) is 61.5 Å². The molecule has 0 spiro atoms. The minimum Gasteiger partial charge on any atom is -0.355 e. The van der Waals surface area contributed by atoms with Crippen LogP contribution in [0.5, 0.6) is 0 Å². The summed E-state index contributed by atoms with van der Waals surface area (Å²) in [6.45, 7) is 1.82. The zero-order valence-corrected chi connectivity index (χ0v) is 23.8. The standard InChI is InChI=1S/C27H29BrClN3O4S/c1-3-30-27(34)25(16-20-9-5-4-6-10-20)31(18-21-11-7-12-22(28)15-21)26(33)19-32(37(2,35)36)24-14-8-13-23(29)17-24/h4-15,17,25H,3,16,18-19H2,1-2H3,(H,30,34). The highest BCUT2D eigenvalue weighted by atomic mass is 79.9. The van der Waals surface area contributed by atoms with Crippen LogP contribution in [-0.2, 0) is 32.6 Å². The predicted octanol–water partition coefficient (Wildman–Crippen LogP) is 4.64. The molecule has 7 nitrogen and oxygen atoms in total. The van der Waals surface area contributed by atoms with E-state index in [-0.39, 0.29) is 24.6 Å². The van der Waals surface area contributed by atoms with Crippen LogP contribution < -0.4 is 9.62 Å². The second kappa shape index (κ2) is 13.1. The first-order valence-electron chi connectivity index (χ1n) is 11.7. The maximum absolute atomic E-state index is 13.9. The zero-order valence-electron chi connectivity index (χ0n) is 20.6. The lowest BCUT2D eigenvalue weighted by atomic mass is 10.0. The first-order valence-corrected chi connectivity index (χ1v) is 14.7. The van der Waals surface area contributed by atoms with Crippen LogP contribution >= 0.6 is 27.5 Å². The molecule has 0 aliphatic rings. The average Bonchev–Trinajstić information content (AvgIpc) is 2.84. The van der Waals surface area contributed by atoms with Gasteiger partial charge in [-0.2, -0.15) is 0 Å². The summed E-state index contributed by atoms with van der Waals surface area (Å²) >= 11 is 9.56. The lowest BCUT2D eigenvalue weighted by Crippen LogP contribution is -2.53. The largest absolute Gasteiger partial charge is 0.355 e. The first kappa shape index (κ1) is 28.7. The molecule has 0 radical (unpaired) electrons. The van der Waals surface area contributed by atoms with Crippen LogP contribution in [0.25, 0.3) is 0 Å². The molecular formula is C27H29BrClN3O4S. The molecule has 3 rings (SSSR count). The van der Waals surface area contributed by atoms with E-state index in [4.69, 9.17) is 11.6 Å². The molecule has 0 aromatic heterocycles. The monoisotopic (exact) mass is 605 g/mol. The van der Waals surface area contributed by atoms with E-state index in [1.165, 1.54) is 11.0 Å². The molecule has 10 heteroatoms. The van der Waals surface area contributed by atoms with E-state index in [2.05, 4.69) is 21.2 Å². The maximum atomic E-state index is 13.9. The topological polar surface area (TPSA) is 86.8 Å². The number of nitrogens with zero attached hydrogens (tertiary/aromatic N) is 2. The van der Waals surface area contributed by atoms with E-state index in [9.17, 15) is 18.0 Å². The van der Waals surface area contributed by atoms with E-state index in [1.54, 1.807) is 18.2 Å². The van der Waals surface area contributed by atoms with Gasteiger partial charge in [0.2, 0.25) is 21.8 Å². The van der Waals surface area contributed by atoms with Crippen LogP contribution in [0.3, 0.4) is 0 Å². The summed E-state index contributed by atoms with van der Waals surface area (Å²) in [6.07, 6.45) is 1.30. The van der Waals surface area contributed by atoms with E-state index in [0.29, 0.717) is 11.6 Å². The molecule has 0 fully saturated rings. The fourth-order valence-corrected chi connectivity index (χ4v) is 5.40. The number of nitrogens with one attached hydrogen (secondary N) is 1. The minimum atomic E-state index is -3.84. The van der Waals surface area contributed by atoms with Crippen molar-refractivity contribution in [2.75, 3.05) is 23.7 Å². The SMILES string of the molecule is CCNC(=O)C(Cc1ccccc1)N(Cc1cccc(Br)c1)C(=O)CN(c1cccc(Cl)c1)S(C)(=O)=O. The van der Waals surface area contributed by atoms with Crippen molar-refractivity contribution in [3.05, 3.63) is 99.5 Å². The molecule has 37 heavy (non-hydrogen) atoms. The Labute approximate surface area is 231 Å². The van der Waals surface area contributed by atoms with Gasteiger partial charge in [0.15, 0.2) is 0 Å². The summed E-state index contributed by atoms with van der Waals surface area (Å²) in [7, 11) is -3.84. The van der Waals surface area contributed by atoms with Crippen LogP contribution in [0.2, 0.25) is 5.02 Å². The van der Waals surface area contributed by atoms with Crippen molar-refractivity contribution in [3.8, 4) is 0 Å². The lowest BCUT2D eigenvalue weighted by Gasteiger charge is -2.33. The Bertz CT molecular complexity index is 1340. The number of amides is 2. The van der Waals surface area contributed by atoms with Gasteiger partial charge in [0, 0.05) is 29.0 Å². The Hall–Kier alpha value is -2.88. The summed E-state index contributed by atoms with van der Waals surface area (Å²) in [6, 6.07) is 22.3. The summed E-state index contributed by atoms with van der Waals surface area (Å²) in [5.74, 6) is -0.832.